The zero-order valence-electron chi connectivity index (χ0n) is 37.6. The standard InChI is InChI=1S/C30H34N2O4.C22H25N3O2/c1-5-7-13-32(14-8-6-2)30(36)20-9-11-22-23(16-20)29(35)26(28(22)34)27-25(33)17-21-15-19(18(3)4)10-12-24(21)31-27;1-4-24(5-2)18-14-12-17(13-15-18)16-20-21(27-6-3)23-25(22(20)26)19-10-8-7-9-11-19/h9-12,15-18,26,33H,5-8,13-14H2,1-4H3;7-16H,4-6H2,1-3H3. The monoisotopic (exact) mass is 849 g/mol. The highest BCUT2D eigenvalue weighted by Crippen LogP contribution is 2.39. The molecule has 11 nitrogen and oxygen atoms in total. The molecule has 1 atom stereocenters. The number of amides is 2. The summed E-state index contributed by atoms with van der Waals surface area (Å²) in [7, 11) is 0. The van der Waals surface area contributed by atoms with Crippen molar-refractivity contribution in [1.82, 2.24) is 9.88 Å². The predicted octanol–water partition coefficient (Wildman–Crippen LogP) is 10.6. The maximum Gasteiger partial charge on any atom is 0.284 e. The number of pyridine rings is 1. The summed E-state index contributed by atoms with van der Waals surface area (Å²) in [4.78, 5) is 61.5. The maximum absolute atomic E-state index is 13.4. The van der Waals surface area contributed by atoms with Gasteiger partial charge in [0.05, 0.1) is 17.8 Å². The number of unbranched alkanes of at least 4 members (excludes halogenated alkanes) is 2. The molecule has 7 rings (SSSR count). The Morgan fingerprint density at radius 2 is 1.48 bits per heavy atom. The summed E-state index contributed by atoms with van der Waals surface area (Å²) >= 11 is 0. The van der Waals surface area contributed by atoms with E-state index in [9.17, 15) is 24.3 Å². The number of rotatable bonds is 15. The van der Waals surface area contributed by atoms with Crippen molar-refractivity contribution in [3.63, 3.8) is 0 Å². The van der Waals surface area contributed by atoms with Crippen molar-refractivity contribution in [2.45, 2.75) is 86.0 Å². The van der Waals surface area contributed by atoms with Gasteiger partial charge in [0, 0.05) is 53.9 Å². The largest absolute Gasteiger partial charge is 0.506 e. The molecule has 0 spiro atoms. The van der Waals surface area contributed by atoms with Crippen LogP contribution in [-0.4, -0.2) is 77.1 Å². The van der Waals surface area contributed by atoms with Crippen LogP contribution in [0.2, 0.25) is 0 Å². The number of Topliss-reactive ketones (excluding diaryl/α,β-unsaturated/α-hetero) is 2. The lowest BCUT2D eigenvalue weighted by Gasteiger charge is -2.22. The van der Waals surface area contributed by atoms with Crippen LogP contribution in [0.5, 0.6) is 5.75 Å². The molecule has 1 aliphatic carbocycles. The van der Waals surface area contributed by atoms with Gasteiger partial charge >= 0.3 is 0 Å². The van der Waals surface area contributed by atoms with E-state index < -0.39 is 17.5 Å². The first-order valence-corrected chi connectivity index (χ1v) is 22.3. The SMILES string of the molecule is CCCCN(CCCC)C(=O)c1ccc2c(c1)C(=O)C(c1nc3ccc(C(C)C)cc3cc1O)C2=O.CCOC1=NN(c2ccccc2)C(=O)C1=Cc1ccc(N(CC)CC)cc1. The van der Waals surface area contributed by atoms with Crippen molar-refractivity contribution < 1.29 is 29.0 Å². The van der Waals surface area contributed by atoms with Gasteiger partial charge < -0.3 is 19.6 Å². The fraction of sp³-hybridized carbons (Fsp3) is 0.346. The summed E-state index contributed by atoms with van der Waals surface area (Å²) in [5, 5.41) is 17.3. The second-order valence-electron chi connectivity index (χ2n) is 16.0. The summed E-state index contributed by atoms with van der Waals surface area (Å²) in [5.41, 5.74) is 5.98. The number of ketones is 2. The highest BCUT2D eigenvalue weighted by atomic mass is 16.5. The maximum atomic E-state index is 13.4. The number of hydrogen-bond acceptors (Lipinski definition) is 9. The number of ether oxygens (including phenoxy) is 1. The van der Waals surface area contributed by atoms with Crippen molar-refractivity contribution in [2.24, 2.45) is 5.10 Å². The van der Waals surface area contributed by atoms with Gasteiger partial charge in [0.1, 0.15) is 22.9 Å². The second-order valence-corrected chi connectivity index (χ2v) is 16.0. The van der Waals surface area contributed by atoms with E-state index >= 15 is 0 Å². The van der Waals surface area contributed by atoms with Crippen molar-refractivity contribution in [3.8, 4) is 5.75 Å². The molecule has 0 fully saturated rings. The molecule has 1 unspecified atom stereocenters. The van der Waals surface area contributed by atoms with Crippen LogP contribution in [0, 0.1) is 0 Å². The molecule has 0 saturated heterocycles. The minimum absolute atomic E-state index is 0.0615. The summed E-state index contributed by atoms with van der Waals surface area (Å²) in [6, 6.07) is 29.6. The van der Waals surface area contributed by atoms with Crippen LogP contribution in [0.15, 0.2) is 108 Å². The number of carbonyl (C=O) groups is 4. The summed E-state index contributed by atoms with van der Waals surface area (Å²) < 4.78 is 5.62. The average molecular weight is 850 g/mol. The Kier molecular flexibility index (Phi) is 15.3. The average Bonchev–Trinajstić information content (AvgIpc) is 3.73. The number of nitrogens with zero attached hydrogens (tertiary/aromatic N) is 5. The molecular weight excluding hydrogens is 791 g/mol. The van der Waals surface area contributed by atoms with Crippen LogP contribution in [-0.2, 0) is 9.53 Å². The van der Waals surface area contributed by atoms with Gasteiger partial charge in [-0.2, -0.15) is 5.01 Å². The lowest BCUT2D eigenvalue weighted by atomic mass is 9.96. The van der Waals surface area contributed by atoms with Gasteiger partial charge in [-0.05, 0) is 117 Å². The first kappa shape index (κ1) is 45.9. The van der Waals surface area contributed by atoms with Gasteiger partial charge in [0.2, 0.25) is 5.90 Å². The first-order chi connectivity index (χ1) is 30.4. The van der Waals surface area contributed by atoms with Crippen molar-refractivity contribution in [3.05, 3.63) is 136 Å². The number of aromatic nitrogens is 1. The van der Waals surface area contributed by atoms with Crippen LogP contribution in [0.4, 0.5) is 11.4 Å². The molecule has 63 heavy (non-hydrogen) atoms. The second kappa shape index (κ2) is 21.0. The number of hydrazone groups is 1. The molecule has 2 amide bonds. The number of para-hydroxylation sites is 1. The number of anilines is 2. The van der Waals surface area contributed by atoms with E-state index in [-0.39, 0.29) is 34.4 Å². The lowest BCUT2D eigenvalue weighted by Crippen LogP contribution is -2.33. The Bertz CT molecular complexity index is 2500. The molecule has 1 N–H and O–H groups in total. The molecule has 2 heterocycles. The number of benzene rings is 4. The molecule has 5 aromatic rings. The van der Waals surface area contributed by atoms with E-state index in [1.807, 2.05) is 78.6 Å². The van der Waals surface area contributed by atoms with Gasteiger partial charge in [0.25, 0.3) is 11.8 Å². The van der Waals surface area contributed by atoms with Crippen LogP contribution >= 0.6 is 0 Å². The van der Waals surface area contributed by atoms with E-state index in [0.717, 1.165) is 61.0 Å². The van der Waals surface area contributed by atoms with Crippen LogP contribution in [0.1, 0.15) is 134 Å². The topological polar surface area (TPSA) is 133 Å². The van der Waals surface area contributed by atoms with Crippen LogP contribution in [0.25, 0.3) is 17.0 Å². The molecule has 0 radical (unpaired) electrons. The molecule has 0 saturated carbocycles. The fourth-order valence-corrected chi connectivity index (χ4v) is 7.78. The Morgan fingerprint density at radius 3 is 2.10 bits per heavy atom. The molecular formula is C52H59N5O6. The van der Waals surface area contributed by atoms with Crippen molar-refractivity contribution >= 4 is 57.6 Å². The highest BCUT2D eigenvalue weighted by Gasteiger charge is 2.42. The van der Waals surface area contributed by atoms with Gasteiger partial charge in [-0.3, -0.25) is 19.2 Å². The Labute approximate surface area is 371 Å². The van der Waals surface area contributed by atoms with Gasteiger partial charge in [-0.25, -0.2) is 4.98 Å². The van der Waals surface area contributed by atoms with Gasteiger partial charge in [-0.15, -0.1) is 5.10 Å². The minimum atomic E-state index is -1.21. The number of carbonyl (C=O) groups excluding carboxylic acids is 4. The summed E-state index contributed by atoms with van der Waals surface area (Å²) in [5.74, 6) is -1.85. The molecule has 1 aliphatic heterocycles. The van der Waals surface area contributed by atoms with Crippen molar-refractivity contribution in [1.29, 1.82) is 0 Å². The summed E-state index contributed by atoms with van der Waals surface area (Å²) in [6.07, 6.45) is 5.62. The number of aromatic hydroxyl groups is 1. The molecule has 11 heteroatoms. The number of fused-ring (bicyclic) bond motifs is 2. The van der Waals surface area contributed by atoms with E-state index in [2.05, 4.69) is 68.7 Å². The third-order valence-electron chi connectivity index (χ3n) is 11.4. The van der Waals surface area contributed by atoms with E-state index in [0.29, 0.717) is 48.2 Å². The normalized spacial score (nSPS) is 15.1. The Balaban J connectivity index is 0.000000219. The minimum Gasteiger partial charge on any atom is -0.506 e. The lowest BCUT2D eigenvalue weighted by molar-refractivity contribution is -0.114. The Hall–Kier alpha value is -6.62. The van der Waals surface area contributed by atoms with Gasteiger partial charge in [0.15, 0.2) is 11.6 Å². The van der Waals surface area contributed by atoms with Crippen molar-refractivity contribution in [2.75, 3.05) is 42.7 Å². The van der Waals surface area contributed by atoms with E-state index in [1.165, 1.54) is 16.8 Å². The first-order valence-electron chi connectivity index (χ1n) is 22.3. The smallest absolute Gasteiger partial charge is 0.284 e. The van der Waals surface area contributed by atoms with E-state index in [4.69, 9.17) is 4.74 Å². The third kappa shape index (κ3) is 10.2. The molecule has 4 aromatic carbocycles. The van der Waals surface area contributed by atoms with Crippen LogP contribution in [0.3, 0.4) is 0 Å². The predicted molar refractivity (Wildman–Crippen MR) is 252 cm³/mol. The Morgan fingerprint density at radius 1 is 0.810 bits per heavy atom. The van der Waals surface area contributed by atoms with E-state index in [1.54, 1.807) is 18.2 Å². The fourth-order valence-electron chi connectivity index (χ4n) is 7.78. The zero-order valence-corrected chi connectivity index (χ0v) is 37.6. The molecule has 1 aromatic heterocycles. The van der Waals surface area contributed by atoms with Crippen LogP contribution < -0.4 is 9.91 Å². The third-order valence-corrected chi connectivity index (χ3v) is 11.4. The van der Waals surface area contributed by atoms with Gasteiger partial charge in [-0.1, -0.05) is 76.9 Å². The molecule has 0 bridgehead atoms. The summed E-state index contributed by atoms with van der Waals surface area (Å²) in [6.45, 7) is 18.2. The molecule has 328 valence electrons. The quantitative estimate of drug-likeness (QED) is 0.0813. The number of hydrogen-bond donors (Lipinski definition) is 1. The highest BCUT2D eigenvalue weighted by molar-refractivity contribution is 6.31. The molecule has 2 aliphatic rings. The zero-order chi connectivity index (χ0) is 45.2.